The van der Waals surface area contributed by atoms with Crippen LogP contribution in [0, 0.1) is 50.7 Å². The van der Waals surface area contributed by atoms with Crippen molar-refractivity contribution in [2.24, 2.45) is 50.7 Å². The standard InChI is InChI=1S/C34H56N2O5/c1-21-11-16-40-28-27(21)31(4)13-14-34-20-33(34)12-10-24(41-26-19-36(15-17-39-26)25(37)18-35(6)7)30(2,3)22(33)8-9-23(34)32(31,5)29(28)38/h21-24,26-29,38H,8-20H2,1-7H3/t21-,22+,23?,24?,26?,27?,28?,29+,31?,32-,33?,34?/m1/s1. The van der Waals surface area contributed by atoms with E-state index in [0.717, 1.165) is 19.4 Å². The number of likely N-dealkylation sites (N-methyl/N-ethyl adjacent to an activating group) is 1. The van der Waals surface area contributed by atoms with Crippen LogP contribution in [0.2, 0.25) is 0 Å². The van der Waals surface area contributed by atoms with E-state index in [1.165, 1.54) is 38.5 Å². The molecule has 232 valence electrons. The van der Waals surface area contributed by atoms with Crippen LogP contribution in [0.4, 0.5) is 0 Å². The minimum atomic E-state index is -0.356. The SMILES string of the molecule is C[C@@H]1CCOC2C1C1(C)CCC34CC35CCC(OC3CN(C(=O)CN(C)C)CCO3)C(C)(C)[C@@H]5CCC4[C@]1(C)[C@H]2O. The van der Waals surface area contributed by atoms with Crippen LogP contribution in [-0.2, 0) is 19.0 Å². The van der Waals surface area contributed by atoms with Crippen LogP contribution in [0.3, 0.4) is 0 Å². The van der Waals surface area contributed by atoms with Crippen LogP contribution in [0.15, 0.2) is 0 Å². The van der Waals surface area contributed by atoms with Crippen molar-refractivity contribution in [1.29, 1.82) is 0 Å². The monoisotopic (exact) mass is 572 g/mol. The van der Waals surface area contributed by atoms with Gasteiger partial charge in [0.05, 0.1) is 38.0 Å². The molecule has 1 amide bonds. The van der Waals surface area contributed by atoms with E-state index >= 15 is 0 Å². The van der Waals surface area contributed by atoms with E-state index in [-0.39, 0.29) is 46.8 Å². The van der Waals surface area contributed by atoms with Gasteiger partial charge in [0, 0.05) is 18.6 Å². The molecule has 8 unspecified atom stereocenters. The summed E-state index contributed by atoms with van der Waals surface area (Å²) in [6.45, 7) is 15.3. The van der Waals surface area contributed by atoms with E-state index in [9.17, 15) is 9.90 Å². The van der Waals surface area contributed by atoms with Crippen molar-refractivity contribution in [2.75, 3.05) is 46.9 Å². The van der Waals surface area contributed by atoms with Gasteiger partial charge in [0.25, 0.3) is 0 Å². The van der Waals surface area contributed by atoms with Crippen LogP contribution in [-0.4, -0.2) is 92.4 Å². The number of carbonyl (C=O) groups is 1. The van der Waals surface area contributed by atoms with E-state index in [0.29, 0.717) is 60.7 Å². The first kappa shape index (κ1) is 29.0. The van der Waals surface area contributed by atoms with Crippen molar-refractivity contribution in [3.63, 3.8) is 0 Å². The van der Waals surface area contributed by atoms with Crippen molar-refractivity contribution in [2.45, 2.75) is 111 Å². The Kier molecular flexibility index (Phi) is 6.64. The number of hydrogen-bond acceptors (Lipinski definition) is 6. The maximum atomic E-state index is 12.7. The Morgan fingerprint density at radius 3 is 2.46 bits per heavy atom. The Hall–Kier alpha value is -0.730. The Morgan fingerprint density at radius 1 is 0.976 bits per heavy atom. The van der Waals surface area contributed by atoms with Gasteiger partial charge in [-0.2, -0.15) is 0 Å². The molecule has 7 heteroatoms. The van der Waals surface area contributed by atoms with E-state index in [1.54, 1.807) is 0 Å². The Balaban J connectivity index is 1.10. The molecular formula is C34H56N2O5. The molecule has 0 aromatic heterocycles. The van der Waals surface area contributed by atoms with Gasteiger partial charge in [-0.15, -0.1) is 0 Å². The van der Waals surface area contributed by atoms with Gasteiger partial charge in [-0.1, -0.05) is 34.6 Å². The molecule has 7 rings (SSSR count). The lowest BCUT2D eigenvalue weighted by Crippen LogP contribution is -2.60. The molecule has 2 aliphatic heterocycles. The molecule has 2 spiro atoms. The summed E-state index contributed by atoms with van der Waals surface area (Å²) >= 11 is 0. The lowest BCUT2D eigenvalue weighted by molar-refractivity contribution is -0.248. The first-order chi connectivity index (χ1) is 19.3. The predicted octanol–water partition coefficient (Wildman–Crippen LogP) is 4.56. The Bertz CT molecular complexity index is 1070. The summed E-state index contributed by atoms with van der Waals surface area (Å²) in [6.07, 6.45) is 9.19. The molecule has 0 bridgehead atoms. The summed E-state index contributed by atoms with van der Waals surface area (Å²) < 4.78 is 19.3. The van der Waals surface area contributed by atoms with Gasteiger partial charge in [0.2, 0.25) is 5.91 Å². The van der Waals surface area contributed by atoms with Gasteiger partial charge in [-0.25, -0.2) is 0 Å². The number of hydrogen-bond donors (Lipinski definition) is 1. The lowest BCUT2D eigenvalue weighted by Gasteiger charge is -2.63. The molecule has 2 saturated heterocycles. The number of aliphatic hydroxyl groups excluding tert-OH is 1. The molecule has 1 N–H and O–H groups in total. The summed E-state index contributed by atoms with van der Waals surface area (Å²) in [7, 11) is 3.88. The molecule has 2 heterocycles. The third-order valence-corrected chi connectivity index (χ3v) is 14.9. The molecular weight excluding hydrogens is 516 g/mol. The van der Waals surface area contributed by atoms with Crippen LogP contribution in [0.1, 0.15) is 86.0 Å². The maximum absolute atomic E-state index is 12.7. The fourth-order valence-corrected chi connectivity index (χ4v) is 12.9. The second kappa shape index (κ2) is 9.39. The zero-order valence-corrected chi connectivity index (χ0v) is 26.8. The summed E-state index contributed by atoms with van der Waals surface area (Å²) in [5, 5.41) is 12.1. The third-order valence-electron chi connectivity index (χ3n) is 14.9. The quantitative estimate of drug-likeness (QED) is 0.533. The molecule has 41 heavy (non-hydrogen) atoms. The van der Waals surface area contributed by atoms with Crippen LogP contribution < -0.4 is 0 Å². The summed E-state index contributed by atoms with van der Waals surface area (Å²) in [6, 6.07) is 0. The highest BCUT2D eigenvalue weighted by Gasteiger charge is 2.84. The van der Waals surface area contributed by atoms with Crippen LogP contribution in [0.5, 0.6) is 0 Å². The van der Waals surface area contributed by atoms with Crippen LogP contribution >= 0.6 is 0 Å². The number of amides is 1. The predicted molar refractivity (Wildman–Crippen MR) is 157 cm³/mol. The fraction of sp³-hybridized carbons (Fsp3) is 0.971. The van der Waals surface area contributed by atoms with Gasteiger partial charge in [-0.05, 0) is 111 Å². The van der Waals surface area contributed by atoms with Gasteiger partial charge in [-0.3, -0.25) is 4.79 Å². The number of rotatable bonds is 4. The van der Waals surface area contributed by atoms with E-state index in [2.05, 4.69) is 34.6 Å². The zero-order chi connectivity index (χ0) is 29.2. The number of aliphatic hydroxyl groups is 1. The van der Waals surface area contributed by atoms with Gasteiger partial charge < -0.3 is 29.1 Å². The Morgan fingerprint density at radius 2 is 1.71 bits per heavy atom. The zero-order valence-electron chi connectivity index (χ0n) is 26.8. The second-order valence-corrected chi connectivity index (χ2v) is 16.8. The number of ether oxygens (including phenoxy) is 3. The highest BCUT2D eigenvalue weighted by molar-refractivity contribution is 5.78. The molecule has 5 aliphatic carbocycles. The van der Waals surface area contributed by atoms with Gasteiger partial charge in [0.1, 0.15) is 0 Å². The molecule has 0 aromatic rings. The molecule has 0 aromatic carbocycles. The average molecular weight is 573 g/mol. The van der Waals surface area contributed by atoms with Crippen molar-refractivity contribution in [3.05, 3.63) is 0 Å². The van der Waals surface area contributed by atoms with Crippen molar-refractivity contribution in [3.8, 4) is 0 Å². The molecule has 7 fully saturated rings. The summed E-state index contributed by atoms with van der Waals surface area (Å²) in [5.41, 5.74) is 0.857. The number of morpholine rings is 1. The van der Waals surface area contributed by atoms with Gasteiger partial charge >= 0.3 is 0 Å². The van der Waals surface area contributed by atoms with E-state index < -0.39 is 0 Å². The Labute approximate surface area is 248 Å². The first-order valence-electron chi connectivity index (χ1n) is 16.8. The minimum absolute atomic E-state index is 0.0107. The normalized spacial score (nSPS) is 53.5. The highest BCUT2D eigenvalue weighted by Crippen LogP contribution is 2.89. The highest BCUT2D eigenvalue weighted by atomic mass is 16.7. The molecule has 7 aliphatic rings. The fourth-order valence-electron chi connectivity index (χ4n) is 12.9. The van der Waals surface area contributed by atoms with Crippen molar-refractivity contribution < 1.29 is 24.1 Å². The second-order valence-electron chi connectivity index (χ2n) is 16.8. The largest absolute Gasteiger partial charge is 0.390 e. The third kappa shape index (κ3) is 3.71. The minimum Gasteiger partial charge on any atom is -0.390 e. The summed E-state index contributed by atoms with van der Waals surface area (Å²) in [4.78, 5) is 16.6. The van der Waals surface area contributed by atoms with Crippen molar-refractivity contribution >= 4 is 5.91 Å². The summed E-state index contributed by atoms with van der Waals surface area (Å²) in [5.74, 6) is 2.45. The van der Waals surface area contributed by atoms with E-state index in [1.807, 2.05) is 23.9 Å². The van der Waals surface area contributed by atoms with E-state index in [4.69, 9.17) is 14.2 Å². The number of carbonyl (C=O) groups excluding carboxylic acids is 1. The van der Waals surface area contributed by atoms with Crippen molar-refractivity contribution in [1.82, 2.24) is 9.80 Å². The maximum Gasteiger partial charge on any atom is 0.236 e. The average Bonchev–Trinajstić information content (AvgIpc) is 3.55. The smallest absolute Gasteiger partial charge is 0.236 e. The van der Waals surface area contributed by atoms with Gasteiger partial charge in [0.15, 0.2) is 6.29 Å². The first-order valence-corrected chi connectivity index (χ1v) is 16.8. The number of fused-ring (bicyclic) bond motifs is 4. The number of nitrogens with zero attached hydrogens (tertiary/aromatic N) is 2. The topological polar surface area (TPSA) is 71.5 Å². The molecule has 12 atom stereocenters. The lowest BCUT2D eigenvalue weighted by atomic mass is 9.41. The van der Waals surface area contributed by atoms with Crippen LogP contribution in [0.25, 0.3) is 0 Å². The molecule has 7 nitrogen and oxygen atoms in total. The molecule has 5 saturated carbocycles. The molecule has 0 radical (unpaired) electrons.